The molecule has 0 unspecified atom stereocenters. The van der Waals surface area contributed by atoms with Gasteiger partial charge in [-0.15, -0.1) is 36.2 Å². The van der Waals surface area contributed by atoms with Crippen LogP contribution in [0.2, 0.25) is 0 Å². The fourth-order valence-electron chi connectivity index (χ4n) is 1.95. The summed E-state index contributed by atoms with van der Waals surface area (Å²) in [5, 5.41) is 6.29. The maximum atomic E-state index is 12.0. The van der Waals surface area contributed by atoms with Crippen molar-refractivity contribution in [3.05, 3.63) is 16.6 Å². The summed E-state index contributed by atoms with van der Waals surface area (Å²) in [6.45, 7) is 4.74. The van der Waals surface area contributed by atoms with E-state index >= 15 is 0 Å². The number of halogens is 2. The predicted molar refractivity (Wildman–Crippen MR) is 79.0 cm³/mol. The highest BCUT2D eigenvalue weighted by atomic mass is 35.5. The lowest BCUT2D eigenvalue weighted by atomic mass is 10.2. The van der Waals surface area contributed by atoms with E-state index < -0.39 is 0 Å². The maximum Gasteiger partial charge on any atom is 0.223 e. The zero-order valence-corrected chi connectivity index (χ0v) is 12.7. The molecule has 1 fully saturated rings. The number of amides is 1. The minimum atomic E-state index is 0. The zero-order chi connectivity index (χ0) is 11.4. The summed E-state index contributed by atoms with van der Waals surface area (Å²) in [5.41, 5.74) is 0. The van der Waals surface area contributed by atoms with E-state index in [2.05, 4.69) is 17.2 Å². The first-order valence-corrected chi connectivity index (χ1v) is 6.54. The molecule has 4 nitrogen and oxygen atoms in total. The van der Waals surface area contributed by atoms with Crippen LogP contribution in [0.1, 0.15) is 18.4 Å². The Balaban J connectivity index is 0.00000144. The molecular weight excluding hydrogens is 293 g/mol. The average molecular weight is 312 g/mol. The lowest BCUT2D eigenvalue weighted by Crippen LogP contribution is -2.52. The second-order valence-corrected chi connectivity index (χ2v) is 5.05. The molecule has 1 aromatic heterocycles. The topological polar surface area (TPSA) is 45.2 Å². The van der Waals surface area contributed by atoms with Crippen LogP contribution >= 0.6 is 36.2 Å². The summed E-state index contributed by atoms with van der Waals surface area (Å²) in [6, 6.07) is 0.317. The molecular formula is C11H19Cl2N3OS. The summed E-state index contributed by atoms with van der Waals surface area (Å²) in [6.07, 6.45) is 3.14. The molecule has 2 heterocycles. The molecule has 0 bridgehead atoms. The molecule has 1 amide bonds. The fraction of sp³-hybridized carbons (Fsp3) is 0.636. The van der Waals surface area contributed by atoms with Gasteiger partial charge >= 0.3 is 0 Å². The Kier molecular flexibility index (Phi) is 8.52. The third-order valence-electron chi connectivity index (χ3n) is 2.86. The Labute approximate surface area is 124 Å². The van der Waals surface area contributed by atoms with E-state index in [4.69, 9.17) is 0 Å². The van der Waals surface area contributed by atoms with Crippen LogP contribution in [0.5, 0.6) is 0 Å². The van der Waals surface area contributed by atoms with Crippen LogP contribution in [-0.2, 0) is 11.2 Å². The molecule has 0 aromatic carbocycles. The van der Waals surface area contributed by atoms with Crippen molar-refractivity contribution in [2.24, 2.45) is 0 Å². The molecule has 1 aromatic rings. The number of thiazole rings is 1. The highest BCUT2D eigenvalue weighted by molar-refractivity contribution is 7.09. The number of piperazine rings is 1. The van der Waals surface area contributed by atoms with Gasteiger partial charge in [-0.05, 0) is 6.92 Å². The van der Waals surface area contributed by atoms with Gasteiger partial charge in [-0.2, -0.15) is 0 Å². The monoisotopic (exact) mass is 311 g/mol. The van der Waals surface area contributed by atoms with Crippen molar-refractivity contribution in [1.29, 1.82) is 0 Å². The number of hydrogen-bond donors (Lipinski definition) is 1. The van der Waals surface area contributed by atoms with Crippen LogP contribution in [0.25, 0.3) is 0 Å². The van der Waals surface area contributed by atoms with Gasteiger partial charge in [0.15, 0.2) is 0 Å². The first-order chi connectivity index (χ1) is 7.77. The van der Waals surface area contributed by atoms with Crippen molar-refractivity contribution < 1.29 is 4.79 Å². The minimum absolute atomic E-state index is 0. The van der Waals surface area contributed by atoms with Crippen LogP contribution in [0.15, 0.2) is 11.6 Å². The average Bonchev–Trinajstić information content (AvgIpc) is 2.79. The van der Waals surface area contributed by atoms with Crippen molar-refractivity contribution in [2.45, 2.75) is 25.8 Å². The summed E-state index contributed by atoms with van der Waals surface area (Å²) in [4.78, 5) is 18.1. The van der Waals surface area contributed by atoms with Gasteiger partial charge in [-0.3, -0.25) is 4.79 Å². The second-order valence-electron chi connectivity index (χ2n) is 4.07. The fourth-order valence-corrected chi connectivity index (χ4v) is 2.57. The number of aryl methyl sites for hydroxylation is 1. The molecule has 1 aliphatic rings. The molecule has 0 saturated carbocycles. The molecule has 1 N–H and O–H groups in total. The number of carbonyl (C=O) groups excluding carboxylic acids is 1. The largest absolute Gasteiger partial charge is 0.337 e. The molecule has 1 aliphatic heterocycles. The van der Waals surface area contributed by atoms with Crippen LogP contribution in [0, 0.1) is 0 Å². The van der Waals surface area contributed by atoms with Crippen LogP contribution in [-0.4, -0.2) is 41.5 Å². The number of rotatable bonds is 3. The summed E-state index contributed by atoms with van der Waals surface area (Å²) < 4.78 is 0. The highest BCUT2D eigenvalue weighted by Crippen LogP contribution is 2.10. The third kappa shape index (κ3) is 4.72. The van der Waals surface area contributed by atoms with Crippen LogP contribution in [0.4, 0.5) is 0 Å². The zero-order valence-electron chi connectivity index (χ0n) is 10.3. The quantitative estimate of drug-likeness (QED) is 0.925. The standard InChI is InChI=1S/C11H17N3OS.2ClH/c1-9-8-12-4-6-14(9)11(15)3-2-10-13-5-7-16-10;;/h5,7,9,12H,2-4,6,8H2,1H3;2*1H/t9-;;/m0../s1. The normalized spacial score (nSPS) is 18.7. The number of carbonyl (C=O) groups is 1. The first kappa shape index (κ1) is 17.6. The van der Waals surface area contributed by atoms with Crippen LogP contribution < -0.4 is 5.32 Å². The Morgan fingerprint density at radius 2 is 2.39 bits per heavy atom. The molecule has 1 atom stereocenters. The van der Waals surface area contributed by atoms with Gasteiger partial charge in [-0.1, -0.05) is 0 Å². The molecule has 104 valence electrons. The van der Waals surface area contributed by atoms with Gasteiger partial charge in [0.25, 0.3) is 0 Å². The van der Waals surface area contributed by atoms with Gasteiger partial charge in [0.2, 0.25) is 5.91 Å². The number of hydrogen-bond acceptors (Lipinski definition) is 4. The van der Waals surface area contributed by atoms with Gasteiger partial charge in [0.1, 0.15) is 0 Å². The molecule has 0 aliphatic carbocycles. The second kappa shape index (κ2) is 8.69. The van der Waals surface area contributed by atoms with Crippen molar-refractivity contribution in [1.82, 2.24) is 15.2 Å². The van der Waals surface area contributed by atoms with E-state index in [1.807, 2.05) is 10.3 Å². The number of nitrogens with one attached hydrogen (secondary N) is 1. The van der Waals surface area contributed by atoms with Gasteiger partial charge < -0.3 is 10.2 Å². The molecule has 0 radical (unpaired) electrons. The van der Waals surface area contributed by atoms with Crippen molar-refractivity contribution >= 4 is 42.1 Å². The van der Waals surface area contributed by atoms with E-state index in [1.54, 1.807) is 17.5 Å². The first-order valence-electron chi connectivity index (χ1n) is 5.66. The lowest BCUT2D eigenvalue weighted by molar-refractivity contribution is -0.133. The van der Waals surface area contributed by atoms with E-state index in [-0.39, 0.29) is 30.7 Å². The van der Waals surface area contributed by atoms with E-state index in [9.17, 15) is 4.79 Å². The van der Waals surface area contributed by atoms with Gasteiger partial charge in [0, 0.05) is 50.1 Å². The Bertz CT molecular complexity index is 348. The van der Waals surface area contributed by atoms with Gasteiger partial charge in [0.05, 0.1) is 5.01 Å². The Hall–Kier alpha value is -0.360. The number of aromatic nitrogens is 1. The van der Waals surface area contributed by atoms with E-state index in [1.165, 1.54) is 0 Å². The summed E-state index contributed by atoms with van der Waals surface area (Å²) in [7, 11) is 0. The third-order valence-corrected chi connectivity index (χ3v) is 3.70. The van der Waals surface area contributed by atoms with Gasteiger partial charge in [-0.25, -0.2) is 4.98 Å². The molecule has 0 spiro atoms. The Morgan fingerprint density at radius 1 is 1.61 bits per heavy atom. The number of nitrogens with zero attached hydrogens (tertiary/aromatic N) is 2. The van der Waals surface area contributed by atoms with E-state index in [0.29, 0.717) is 12.5 Å². The predicted octanol–water partition coefficient (Wildman–Crippen LogP) is 1.74. The molecule has 18 heavy (non-hydrogen) atoms. The van der Waals surface area contributed by atoms with E-state index in [0.717, 1.165) is 31.1 Å². The summed E-state index contributed by atoms with van der Waals surface area (Å²) >= 11 is 1.62. The van der Waals surface area contributed by atoms with Crippen molar-refractivity contribution in [3.63, 3.8) is 0 Å². The smallest absolute Gasteiger partial charge is 0.223 e. The maximum absolute atomic E-state index is 12.0. The minimum Gasteiger partial charge on any atom is -0.337 e. The molecule has 1 saturated heterocycles. The van der Waals surface area contributed by atoms with Crippen molar-refractivity contribution in [3.8, 4) is 0 Å². The highest BCUT2D eigenvalue weighted by Gasteiger charge is 2.22. The Morgan fingerprint density at radius 3 is 3.00 bits per heavy atom. The van der Waals surface area contributed by atoms with Crippen molar-refractivity contribution in [2.75, 3.05) is 19.6 Å². The SMILES string of the molecule is C[C@H]1CNCCN1C(=O)CCc1nccs1.Cl.Cl. The molecule has 7 heteroatoms. The summed E-state index contributed by atoms with van der Waals surface area (Å²) in [5.74, 6) is 0.254. The molecule has 2 rings (SSSR count). The van der Waals surface area contributed by atoms with Crippen LogP contribution in [0.3, 0.4) is 0 Å². The lowest BCUT2D eigenvalue weighted by Gasteiger charge is -2.34.